The third-order valence-corrected chi connectivity index (χ3v) is 6.56. The second-order valence-corrected chi connectivity index (χ2v) is 8.30. The average molecular weight is 383 g/mol. The van der Waals surface area contributed by atoms with E-state index in [1.807, 2.05) is 6.92 Å². The van der Waals surface area contributed by atoms with E-state index in [0.717, 1.165) is 5.69 Å². The highest BCUT2D eigenvalue weighted by molar-refractivity contribution is 7.89. The van der Waals surface area contributed by atoms with E-state index in [4.69, 9.17) is 11.6 Å². The molecule has 0 bridgehead atoms. The van der Waals surface area contributed by atoms with Gasteiger partial charge in [-0.1, -0.05) is 17.7 Å². The van der Waals surface area contributed by atoms with Crippen LogP contribution >= 0.6 is 11.6 Å². The third kappa shape index (κ3) is 3.42. The van der Waals surface area contributed by atoms with Gasteiger partial charge in [-0.25, -0.2) is 8.42 Å². The number of aromatic nitrogens is 2. The minimum atomic E-state index is -3.61. The molecule has 0 radical (unpaired) electrons. The van der Waals surface area contributed by atoms with Gasteiger partial charge in [0.15, 0.2) is 0 Å². The number of amides is 1. The largest absolute Gasteiger partial charge is 0.336 e. The van der Waals surface area contributed by atoms with E-state index < -0.39 is 10.0 Å². The lowest BCUT2D eigenvalue weighted by Gasteiger charge is -2.34. The van der Waals surface area contributed by atoms with Gasteiger partial charge in [0.2, 0.25) is 10.0 Å². The van der Waals surface area contributed by atoms with Gasteiger partial charge in [-0.15, -0.1) is 0 Å². The van der Waals surface area contributed by atoms with E-state index in [2.05, 4.69) is 5.10 Å². The highest BCUT2D eigenvalue weighted by Gasteiger charge is 2.31. The molecule has 0 atom stereocenters. The summed E-state index contributed by atoms with van der Waals surface area (Å²) in [5, 5.41) is 4.46. The minimum absolute atomic E-state index is 0.120. The second kappa shape index (κ2) is 6.78. The molecule has 1 aromatic heterocycles. The zero-order valence-electron chi connectivity index (χ0n) is 14.0. The predicted molar refractivity (Wildman–Crippen MR) is 94.1 cm³/mol. The summed E-state index contributed by atoms with van der Waals surface area (Å²) in [5.74, 6) is -0.120. The molecule has 1 aliphatic rings. The van der Waals surface area contributed by atoms with Gasteiger partial charge in [0.05, 0.1) is 16.7 Å². The van der Waals surface area contributed by atoms with Crippen molar-refractivity contribution in [1.29, 1.82) is 0 Å². The standard InChI is InChI=1S/C16H19ClN4O3S/c1-12-15(11-18-19(12)2)16(22)20-6-8-21(9-7-20)25(23,24)14-5-3-4-13(17)10-14/h3-5,10-11H,6-9H2,1-2H3. The lowest BCUT2D eigenvalue weighted by Crippen LogP contribution is -2.50. The Morgan fingerprint density at radius 2 is 1.88 bits per heavy atom. The van der Waals surface area contributed by atoms with Gasteiger partial charge in [-0.3, -0.25) is 9.48 Å². The molecule has 2 heterocycles. The first-order valence-electron chi connectivity index (χ1n) is 7.84. The fraction of sp³-hybridized carbons (Fsp3) is 0.375. The normalized spacial score (nSPS) is 16.2. The van der Waals surface area contributed by atoms with E-state index in [1.54, 1.807) is 35.0 Å². The van der Waals surface area contributed by atoms with E-state index in [9.17, 15) is 13.2 Å². The fourth-order valence-electron chi connectivity index (χ4n) is 2.79. The molecule has 9 heteroatoms. The molecular formula is C16H19ClN4O3S. The summed E-state index contributed by atoms with van der Waals surface area (Å²) in [5.41, 5.74) is 1.34. The quantitative estimate of drug-likeness (QED) is 0.806. The number of halogens is 1. The number of benzene rings is 1. The van der Waals surface area contributed by atoms with Crippen molar-refractivity contribution in [3.8, 4) is 0 Å². The van der Waals surface area contributed by atoms with Crippen LogP contribution in [0.25, 0.3) is 0 Å². The minimum Gasteiger partial charge on any atom is -0.336 e. The van der Waals surface area contributed by atoms with Crippen molar-refractivity contribution in [1.82, 2.24) is 19.0 Å². The van der Waals surface area contributed by atoms with Gasteiger partial charge in [0.1, 0.15) is 0 Å². The topological polar surface area (TPSA) is 75.5 Å². The lowest BCUT2D eigenvalue weighted by atomic mass is 10.2. The van der Waals surface area contributed by atoms with Crippen molar-refractivity contribution >= 4 is 27.5 Å². The number of carbonyl (C=O) groups excluding carboxylic acids is 1. The van der Waals surface area contributed by atoms with Crippen molar-refractivity contribution in [3.05, 3.63) is 46.7 Å². The molecule has 1 aromatic carbocycles. The molecule has 0 spiro atoms. The molecule has 0 saturated carbocycles. The summed E-state index contributed by atoms with van der Waals surface area (Å²) in [6.07, 6.45) is 1.55. The van der Waals surface area contributed by atoms with E-state index in [1.165, 1.54) is 16.4 Å². The molecule has 1 aliphatic heterocycles. The van der Waals surface area contributed by atoms with Crippen molar-refractivity contribution < 1.29 is 13.2 Å². The van der Waals surface area contributed by atoms with Crippen LogP contribution in [0.4, 0.5) is 0 Å². The SMILES string of the molecule is Cc1c(C(=O)N2CCN(S(=O)(=O)c3cccc(Cl)c3)CC2)cnn1C. The Balaban J connectivity index is 1.71. The number of hydrogen-bond donors (Lipinski definition) is 0. The second-order valence-electron chi connectivity index (χ2n) is 5.92. The zero-order chi connectivity index (χ0) is 18.2. The van der Waals surface area contributed by atoms with Gasteiger partial charge >= 0.3 is 0 Å². The number of piperazine rings is 1. The Labute approximate surface area is 151 Å². The van der Waals surface area contributed by atoms with Crippen LogP contribution in [-0.2, 0) is 17.1 Å². The maximum atomic E-state index is 12.7. The number of sulfonamides is 1. The van der Waals surface area contributed by atoms with Crippen LogP contribution in [0.2, 0.25) is 5.02 Å². The summed E-state index contributed by atoms with van der Waals surface area (Å²) in [4.78, 5) is 14.4. The maximum Gasteiger partial charge on any atom is 0.257 e. The van der Waals surface area contributed by atoms with E-state index in [-0.39, 0.29) is 23.9 Å². The molecule has 1 amide bonds. The number of hydrogen-bond acceptors (Lipinski definition) is 4. The molecule has 0 aliphatic carbocycles. The molecule has 3 rings (SSSR count). The van der Waals surface area contributed by atoms with Crippen LogP contribution in [0.15, 0.2) is 35.4 Å². The average Bonchev–Trinajstić information content (AvgIpc) is 2.93. The molecule has 7 nitrogen and oxygen atoms in total. The Morgan fingerprint density at radius 1 is 1.20 bits per heavy atom. The first-order chi connectivity index (χ1) is 11.8. The molecule has 1 saturated heterocycles. The summed E-state index contributed by atoms with van der Waals surface area (Å²) in [6, 6.07) is 6.21. The Bertz CT molecular complexity index is 902. The first kappa shape index (κ1) is 17.9. The van der Waals surface area contributed by atoms with Gasteiger partial charge in [-0.2, -0.15) is 9.40 Å². The van der Waals surface area contributed by atoms with Crippen molar-refractivity contribution in [2.45, 2.75) is 11.8 Å². The summed E-state index contributed by atoms with van der Waals surface area (Å²) >= 11 is 5.90. The molecule has 0 unspecified atom stereocenters. The van der Waals surface area contributed by atoms with E-state index in [0.29, 0.717) is 23.7 Å². The highest BCUT2D eigenvalue weighted by Crippen LogP contribution is 2.21. The smallest absolute Gasteiger partial charge is 0.257 e. The molecule has 0 N–H and O–H groups in total. The number of carbonyl (C=O) groups is 1. The fourth-order valence-corrected chi connectivity index (χ4v) is 4.51. The summed E-state index contributed by atoms with van der Waals surface area (Å²) in [6.45, 7) is 3.01. The van der Waals surface area contributed by atoms with Crippen LogP contribution in [0.1, 0.15) is 16.1 Å². The van der Waals surface area contributed by atoms with Crippen LogP contribution in [0.5, 0.6) is 0 Å². The number of rotatable bonds is 3. The first-order valence-corrected chi connectivity index (χ1v) is 9.66. The van der Waals surface area contributed by atoms with Crippen molar-refractivity contribution in [2.75, 3.05) is 26.2 Å². The molecule has 1 fully saturated rings. The Morgan fingerprint density at radius 3 is 2.44 bits per heavy atom. The van der Waals surface area contributed by atoms with Gasteiger partial charge in [-0.05, 0) is 25.1 Å². The summed E-state index contributed by atoms with van der Waals surface area (Å²) in [7, 11) is -1.83. The van der Waals surface area contributed by atoms with Crippen LogP contribution in [0.3, 0.4) is 0 Å². The number of nitrogens with zero attached hydrogens (tertiary/aromatic N) is 4. The van der Waals surface area contributed by atoms with Crippen LogP contribution < -0.4 is 0 Å². The summed E-state index contributed by atoms with van der Waals surface area (Å²) < 4.78 is 28.4. The molecule has 134 valence electrons. The monoisotopic (exact) mass is 382 g/mol. The Hall–Kier alpha value is -1.90. The van der Waals surface area contributed by atoms with E-state index >= 15 is 0 Å². The predicted octanol–water partition coefficient (Wildman–Crippen LogP) is 1.53. The maximum absolute atomic E-state index is 12.7. The van der Waals surface area contributed by atoms with Crippen LogP contribution in [-0.4, -0.2) is 59.5 Å². The van der Waals surface area contributed by atoms with Crippen molar-refractivity contribution in [3.63, 3.8) is 0 Å². The third-order valence-electron chi connectivity index (χ3n) is 4.43. The lowest BCUT2D eigenvalue weighted by molar-refractivity contribution is 0.0697. The highest BCUT2D eigenvalue weighted by atomic mass is 35.5. The molecular weight excluding hydrogens is 364 g/mol. The van der Waals surface area contributed by atoms with Crippen LogP contribution in [0, 0.1) is 6.92 Å². The van der Waals surface area contributed by atoms with Crippen molar-refractivity contribution in [2.24, 2.45) is 7.05 Å². The number of aryl methyl sites for hydroxylation is 1. The zero-order valence-corrected chi connectivity index (χ0v) is 15.6. The van der Waals surface area contributed by atoms with Gasteiger partial charge in [0, 0.05) is 43.9 Å². The van der Waals surface area contributed by atoms with Gasteiger partial charge < -0.3 is 4.90 Å². The Kier molecular flexibility index (Phi) is 4.86. The molecule has 2 aromatic rings. The van der Waals surface area contributed by atoms with Gasteiger partial charge in [0.25, 0.3) is 5.91 Å². The molecule has 25 heavy (non-hydrogen) atoms.